The highest BCUT2D eigenvalue weighted by Crippen LogP contribution is 2.67. The summed E-state index contributed by atoms with van der Waals surface area (Å²) in [5, 5.41) is -0.0515. The van der Waals surface area contributed by atoms with Crippen molar-refractivity contribution in [2.24, 2.45) is 16.7 Å². The summed E-state index contributed by atoms with van der Waals surface area (Å²) < 4.78 is 23.7. The van der Waals surface area contributed by atoms with Gasteiger partial charge in [-0.25, -0.2) is 4.79 Å². The molecule has 0 radical (unpaired) electrons. The predicted molar refractivity (Wildman–Crippen MR) is 87.7 cm³/mol. The molecule has 0 aromatic rings. The van der Waals surface area contributed by atoms with Gasteiger partial charge in [-0.15, -0.1) is 0 Å². The maximum absolute atomic E-state index is 13.0. The highest BCUT2D eigenvalue weighted by molar-refractivity contribution is 7.89. The van der Waals surface area contributed by atoms with Gasteiger partial charge in [-0.3, -0.25) is 4.21 Å². The van der Waals surface area contributed by atoms with Gasteiger partial charge in [-0.1, -0.05) is 20.8 Å². The minimum absolute atomic E-state index is 0.0346. The molecule has 0 saturated heterocycles. The number of hydrogen-bond donors (Lipinski definition) is 0. The first kappa shape index (κ1) is 17.7. The Bertz CT molecular complexity index is 511. The highest BCUT2D eigenvalue weighted by atomic mass is 32.2. The van der Waals surface area contributed by atoms with E-state index in [1.807, 2.05) is 0 Å². The number of fused-ring (bicyclic) bond motifs is 2. The van der Waals surface area contributed by atoms with Crippen LogP contribution in [0.4, 0.5) is 0 Å². The van der Waals surface area contributed by atoms with Crippen LogP contribution in [0.5, 0.6) is 0 Å². The standard InChI is InChI=1S/C17H28O4S/c1-7-21-13(18)10-11(2)22(19)14-12-8-9-17(5,15(14)20-6)16(12,3)4/h10,12,14-15H,7-9H2,1-6H3/b11-10+/t12-,14-,15-,17-,22?/m1/s1. The molecular formula is C17H28O4S. The minimum Gasteiger partial charge on any atom is -0.463 e. The maximum Gasteiger partial charge on any atom is 0.331 e. The molecule has 0 heterocycles. The summed E-state index contributed by atoms with van der Waals surface area (Å²) in [6.45, 7) is 10.6. The Morgan fingerprint density at radius 2 is 2.00 bits per heavy atom. The highest BCUT2D eigenvalue weighted by Gasteiger charge is 2.68. The average Bonchev–Trinajstić information content (AvgIpc) is 2.76. The van der Waals surface area contributed by atoms with Gasteiger partial charge in [-0.2, -0.15) is 0 Å². The second kappa shape index (κ2) is 6.08. The summed E-state index contributed by atoms with van der Waals surface area (Å²) in [4.78, 5) is 12.2. The smallest absolute Gasteiger partial charge is 0.331 e. The Balaban J connectivity index is 2.29. The van der Waals surface area contributed by atoms with E-state index in [9.17, 15) is 9.00 Å². The zero-order valence-corrected chi connectivity index (χ0v) is 15.3. The Labute approximate surface area is 136 Å². The van der Waals surface area contributed by atoms with Gasteiger partial charge in [0, 0.05) is 23.5 Å². The molecule has 126 valence electrons. The molecule has 0 aliphatic heterocycles. The summed E-state index contributed by atoms with van der Waals surface area (Å²) in [5.74, 6) is -0.0650. The zero-order chi connectivity index (χ0) is 16.7. The number of carbonyl (C=O) groups excluding carboxylic acids is 1. The molecular weight excluding hydrogens is 300 g/mol. The van der Waals surface area contributed by atoms with Crippen LogP contribution in [0.2, 0.25) is 0 Å². The van der Waals surface area contributed by atoms with Crippen molar-refractivity contribution in [3.05, 3.63) is 11.0 Å². The van der Waals surface area contributed by atoms with Crippen molar-refractivity contribution in [3.8, 4) is 0 Å². The Morgan fingerprint density at radius 1 is 1.36 bits per heavy atom. The van der Waals surface area contributed by atoms with E-state index in [0.717, 1.165) is 12.8 Å². The molecule has 0 aromatic heterocycles. The molecule has 0 N–H and O–H groups in total. The summed E-state index contributed by atoms with van der Waals surface area (Å²) >= 11 is 0. The van der Waals surface area contributed by atoms with E-state index in [4.69, 9.17) is 9.47 Å². The third-order valence-corrected chi connectivity index (χ3v) is 7.95. The first-order valence-corrected chi connectivity index (χ1v) is 9.20. The zero-order valence-electron chi connectivity index (χ0n) is 14.5. The lowest BCUT2D eigenvalue weighted by Gasteiger charge is -2.39. The molecule has 4 nitrogen and oxygen atoms in total. The van der Waals surface area contributed by atoms with Crippen LogP contribution in [0.25, 0.3) is 0 Å². The van der Waals surface area contributed by atoms with Gasteiger partial charge < -0.3 is 9.47 Å². The fourth-order valence-corrected chi connectivity index (χ4v) is 6.55. The maximum atomic E-state index is 13.0. The van der Waals surface area contributed by atoms with Crippen LogP contribution < -0.4 is 0 Å². The molecule has 0 aromatic carbocycles. The van der Waals surface area contributed by atoms with Gasteiger partial charge in [0.1, 0.15) is 0 Å². The van der Waals surface area contributed by atoms with E-state index in [2.05, 4.69) is 20.8 Å². The number of carbonyl (C=O) groups is 1. The van der Waals surface area contributed by atoms with Crippen molar-refractivity contribution in [2.45, 2.75) is 58.8 Å². The van der Waals surface area contributed by atoms with Crippen LogP contribution in [-0.2, 0) is 25.1 Å². The van der Waals surface area contributed by atoms with Crippen molar-refractivity contribution in [2.75, 3.05) is 13.7 Å². The largest absolute Gasteiger partial charge is 0.463 e. The average molecular weight is 328 g/mol. The summed E-state index contributed by atoms with van der Waals surface area (Å²) in [5.41, 5.74) is 0.134. The summed E-state index contributed by atoms with van der Waals surface area (Å²) in [6, 6.07) is 0. The van der Waals surface area contributed by atoms with Gasteiger partial charge in [-0.05, 0) is 38.0 Å². The van der Waals surface area contributed by atoms with Crippen LogP contribution in [0, 0.1) is 16.7 Å². The van der Waals surface area contributed by atoms with Gasteiger partial charge in [0.25, 0.3) is 0 Å². The topological polar surface area (TPSA) is 52.6 Å². The van der Waals surface area contributed by atoms with Crippen LogP contribution in [0.1, 0.15) is 47.5 Å². The van der Waals surface area contributed by atoms with E-state index >= 15 is 0 Å². The first-order chi connectivity index (χ1) is 10.2. The second-order valence-electron chi connectivity index (χ2n) is 7.21. The third kappa shape index (κ3) is 2.46. The molecule has 5 heteroatoms. The van der Waals surface area contributed by atoms with Gasteiger partial charge in [0.15, 0.2) is 0 Å². The molecule has 5 atom stereocenters. The fraction of sp³-hybridized carbons (Fsp3) is 0.824. The molecule has 2 bridgehead atoms. The van der Waals surface area contributed by atoms with Gasteiger partial charge in [0.05, 0.1) is 28.8 Å². The number of methoxy groups -OCH3 is 1. The normalized spacial score (nSPS) is 38.1. The SMILES string of the molecule is CCOC(=O)/C=C(\C)S(=O)[C@@H]1[C@H]2CC[C@](C)([C@@H]1OC)C2(C)C. The molecule has 1 unspecified atom stereocenters. The Hall–Kier alpha value is -0.680. The van der Waals surface area contributed by atoms with E-state index in [0.29, 0.717) is 17.4 Å². The Kier molecular flexibility index (Phi) is 4.88. The first-order valence-electron chi connectivity index (χ1n) is 7.99. The van der Waals surface area contributed by atoms with Crippen LogP contribution in [-0.4, -0.2) is 35.2 Å². The van der Waals surface area contributed by atoms with Crippen LogP contribution >= 0.6 is 0 Å². The lowest BCUT2D eigenvalue weighted by molar-refractivity contribution is -0.137. The van der Waals surface area contributed by atoms with E-state index in [1.165, 1.54) is 6.08 Å². The quantitative estimate of drug-likeness (QED) is 0.575. The van der Waals surface area contributed by atoms with E-state index in [-0.39, 0.29) is 22.2 Å². The molecule has 22 heavy (non-hydrogen) atoms. The van der Waals surface area contributed by atoms with Crippen molar-refractivity contribution in [1.82, 2.24) is 0 Å². The minimum atomic E-state index is -1.23. The predicted octanol–water partition coefficient (Wildman–Crippen LogP) is 3.04. The monoisotopic (exact) mass is 328 g/mol. The molecule has 2 fully saturated rings. The number of ether oxygens (including phenoxy) is 2. The van der Waals surface area contributed by atoms with Crippen LogP contribution in [0.15, 0.2) is 11.0 Å². The molecule has 2 aliphatic rings. The van der Waals surface area contributed by atoms with E-state index in [1.54, 1.807) is 21.0 Å². The second-order valence-corrected chi connectivity index (χ2v) is 8.99. The van der Waals surface area contributed by atoms with E-state index < -0.39 is 16.8 Å². The lowest BCUT2D eigenvalue weighted by Crippen LogP contribution is -2.43. The molecule has 2 rings (SSSR count). The summed E-state index contributed by atoms with van der Waals surface area (Å²) in [6.07, 6.45) is 3.52. The number of allylic oxidation sites excluding steroid dienone is 1. The molecule has 0 amide bonds. The van der Waals surface area contributed by atoms with Gasteiger partial charge >= 0.3 is 5.97 Å². The summed E-state index contributed by atoms with van der Waals surface area (Å²) in [7, 11) is 0.479. The number of esters is 1. The molecule has 2 saturated carbocycles. The van der Waals surface area contributed by atoms with Crippen molar-refractivity contribution in [1.29, 1.82) is 0 Å². The molecule has 2 aliphatic carbocycles. The lowest BCUT2D eigenvalue weighted by atomic mass is 9.70. The van der Waals surface area contributed by atoms with Crippen molar-refractivity contribution >= 4 is 16.8 Å². The Morgan fingerprint density at radius 3 is 2.55 bits per heavy atom. The number of hydrogen-bond acceptors (Lipinski definition) is 4. The number of rotatable bonds is 5. The third-order valence-electron chi connectivity index (χ3n) is 6.12. The van der Waals surface area contributed by atoms with Gasteiger partial charge in [0.2, 0.25) is 0 Å². The van der Waals surface area contributed by atoms with Crippen LogP contribution in [0.3, 0.4) is 0 Å². The van der Waals surface area contributed by atoms with Crippen molar-refractivity contribution < 1.29 is 18.5 Å². The molecule has 0 spiro atoms. The fourth-order valence-electron chi connectivity index (χ4n) is 4.50. The van der Waals surface area contributed by atoms with Crippen molar-refractivity contribution in [3.63, 3.8) is 0 Å².